The van der Waals surface area contributed by atoms with Crippen LogP contribution in [0.4, 0.5) is 0 Å². The SMILES string of the molecule is c1ccc2c(c1)c1cccc[n+]1n2-c1ccc(-c2ccc(-n3c4ccccc4c4cccc[n+]43)cc2)cc1. The van der Waals surface area contributed by atoms with Gasteiger partial charge in [-0.2, -0.15) is 0 Å². The second kappa shape index (κ2) is 8.15. The molecule has 4 nitrogen and oxygen atoms in total. The molecular weight excluding hydrogens is 464 g/mol. The van der Waals surface area contributed by atoms with Gasteiger partial charge in [0.15, 0.2) is 0 Å². The monoisotopic (exact) mass is 488 g/mol. The van der Waals surface area contributed by atoms with Gasteiger partial charge in [-0.05, 0) is 71.8 Å². The number of benzene rings is 4. The summed E-state index contributed by atoms with van der Waals surface area (Å²) in [6.07, 6.45) is 4.24. The van der Waals surface area contributed by atoms with Gasteiger partial charge in [-0.3, -0.25) is 0 Å². The van der Waals surface area contributed by atoms with Gasteiger partial charge in [0.2, 0.25) is 23.4 Å². The van der Waals surface area contributed by atoms with E-state index in [4.69, 9.17) is 0 Å². The average molecular weight is 489 g/mol. The molecule has 8 aromatic rings. The summed E-state index contributed by atoms with van der Waals surface area (Å²) in [6.45, 7) is 0. The lowest BCUT2D eigenvalue weighted by atomic mass is 10.0. The Morgan fingerprint density at radius 1 is 0.368 bits per heavy atom. The number of aromatic nitrogens is 4. The van der Waals surface area contributed by atoms with Crippen LogP contribution in [0.25, 0.3) is 55.3 Å². The fourth-order valence-corrected chi connectivity index (χ4v) is 5.74. The van der Waals surface area contributed by atoms with E-state index in [9.17, 15) is 0 Å². The molecule has 4 heterocycles. The molecule has 4 aromatic heterocycles. The van der Waals surface area contributed by atoms with Crippen molar-refractivity contribution in [2.45, 2.75) is 0 Å². The first-order chi connectivity index (χ1) is 18.9. The van der Waals surface area contributed by atoms with E-state index in [1.165, 1.54) is 44.0 Å². The van der Waals surface area contributed by atoms with Gasteiger partial charge in [0.1, 0.15) is 22.4 Å². The van der Waals surface area contributed by atoms with E-state index in [1.54, 1.807) is 0 Å². The van der Waals surface area contributed by atoms with Crippen LogP contribution in [-0.4, -0.2) is 9.36 Å². The normalized spacial score (nSPS) is 11.7. The van der Waals surface area contributed by atoms with Gasteiger partial charge in [-0.15, -0.1) is 9.36 Å². The van der Waals surface area contributed by atoms with Crippen molar-refractivity contribution in [3.8, 4) is 22.5 Å². The maximum atomic E-state index is 2.27. The molecule has 0 radical (unpaired) electrons. The topological polar surface area (TPSA) is 18.1 Å². The van der Waals surface area contributed by atoms with Gasteiger partial charge < -0.3 is 0 Å². The van der Waals surface area contributed by atoms with Crippen LogP contribution in [0.1, 0.15) is 0 Å². The molecule has 0 saturated carbocycles. The molecule has 4 aromatic carbocycles. The summed E-state index contributed by atoms with van der Waals surface area (Å²) in [5.41, 5.74) is 9.45. The molecule has 0 saturated heterocycles. The molecule has 0 unspecified atom stereocenters. The Bertz CT molecular complexity index is 1850. The van der Waals surface area contributed by atoms with Crippen molar-refractivity contribution in [1.82, 2.24) is 9.36 Å². The van der Waals surface area contributed by atoms with E-state index in [0.29, 0.717) is 0 Å². The van der Waals surface area contributed by atoms with Crippen molar-refractivity contribution in [2.75, 3.05) is 0 Å². The van der Waals surface area contributed by atoms with Crippen molar-refractivity contribution in [3.05, 3.63) is 146 Å². The molecule has 0 aliphatic carbocycles. The molecule has 8 rings (SSSR count). The van der Waals surface area contributed by atoms with Crippen LogP contribution in [0.5, 0.6) is 0 Å². The Morgan fingerprint density at radius 2 is 0.763 bits per heavy atom. The second-order valence-corrected chi connectivity index (χ2v) is 9.61. The molecule has 178 valence electrons. The lowest BCUT2D eigenvalue weighted by Crippen LogP contribution is -2.30. The highest BCUT2D eigenvalue weighted by molar-refractivity contribution is 5.93. The summed E-state index contributed by atoms with van der Waals surface area (Å²) in [4.78, 5) is 0. The smallest absolute Gasteiger partial charge is 0.115 e. The molecule has 4 heteroatoms. The minimum Gasteiger partial charge on any atom is -0.115 e. The molecule has 0 fully saturated rings. The van der Waals surface area contributed by atoms with Crippen LogP contribution in [0, 0.1) is 0 Å². The minimum atomic E-state index is 1.13. The highest BCUT2D eigenvalue weighted by Crippen LogP contribution is 2.27. The Kier molecular flexibility index (Phi) is 4.49. The third kappa shape index (κ3) is 3.04. The summed E-state index contributed by atoms with van der Waals surface area (Å²) in [5, 5.41) is 2.49. The lowest BCUT2D eigenvalue weighted by Gasteiger charge is -2.06. The molecule has 38 heavy (non-hydrogen) atoms. The van der Waals surface area contributed by atoms with Gasteiger partial charge in [0.25, 0.3) is 0 Å². The first-order valence-corrected chi connectivity index (χ1v) is 12.9. The molecule has 0 atom stereocenters. The first kappa shape index (κ1) is 20.9. The maximum absolute atomic E-state index is 2.27. The van der Waals surface area contributed by atoms with Crippen molar-refractivity contribution in [1.29, 1.82) is 0 Å². The fourth-order valence-electron chi connectivity index (χ4n) is 5.74. The van der Waals surface area contributed by atoms with Crippen molar-refractivity contribution >= 4 is 32.8 Å². The Morgan fingerprint density at radius 3 is 1.21 bits per heavy atom. The number of pyridine rings is 2. The summed E-state index contributed by atoms with van der Waals surface area (Å²) in [6, 6.07) is 47.5. The third-order valence-electron chi connectivity index (χ3n) is 7.48. The fraction of sp³-hybridized carbons (Fsp3) is 0. The lowest BCUT2D eigenvalue weighted by molar-refractivity contribution is -0.595. The molecule has 0 spiro atoms. The Hall–Kier alpha value is -5.22. The van der Waals surface area contributed by atoms with Crippen LogP contribution < -0.4 is 9.03 Å². The highest BCUT2D eigenvalue weighted by Gasteiger charge is 2.20. The van der Waals surface area contributed by atoms with E-state index in [2.05, 4.69) is 164 Å². The van der Waals surface area contributed by atoms with Crippen LogP contribution in [0.3, 0.4) is 0 Å². The zero-order chi connectivity index (χ0) is 25.1. The summed E-state index contributed by atoms with van der Waals surface area (Å²) in [7, 11) is 0. The number of para-hydroxylation sites is 2. The van der Waals surface area contributed by atoms with Gasteiger partial charge in [-0.25, -0.2) is 0 Å². The summed E-state index contributed by atoms with van der Waals surface area (Å²) in [5.74, 6) is 0. The number of hydrogen-bond acceptors (Lipinski definition) is 0. The van der Waals surface area contributed by atoms with Gasteiger partial charge >= 0.3 is 0 Å². The second-order valence-electron chi connectivity index (χ2n) is 9.61. The summed E-state index contributed by atoms with van der Waals surface area (Å²) >= 11 is 0. The van der Waals surface area contributed by atoms with E-state index >= 15 is 0 Å². The molecule has 0 aliphatic rings. The van der Waals surface area contributed by atoms with Crippen LogP contribution in [-0.2, 0) is 0 Å². The highest BCUT2D eigenvalue weighted by atomic mass is 15.4. The van der Waals surface area contributed by atoms with Gasteiger partial charge in [0.05, 0.1) is 10.8 Å². The molecule has 0 bridgehead atoms. The molecule has 0 amide bonds. The molecular formula is C34H24N4+2. The first-order valence-electron chi connectivity index (χ1n) is 12.9. The Balaban J connectivity index is 1.20. The van der Waals surface area contributed by atoms with Crippen molar-refractivity contribution in [3.63, 3.8) is 0 Å². The molecule has 0 aliphatic heterocycles. The zero-order valence-corrected chi connectivity index (χ0v) is 20.6. The Labute approximate surface area is 219 Å². The average Bonchev–Trinajstić information content (AvgIpc) is 3.51. The predicted octanol–water partition coefficient (Wildman–Crippen LogP) is 6.72. The van der Waals surface area contributed by atoms with Gasteiger partial charge in [0, 0.05) is 24.3 Å². The standard InChI is InChI=1S/C34H24N4/c1-3-13-33-29(9-1)31-11-5-7-23-35(31)37(33)27-19-15-25(16-20-27)26-17-21-28(22-18-26)38-34-14-4-2-10-30(34)32-12-6-8-24-36(32)38/h1-24H/q+2. The van der Waals surface area contributed by atoms with Crippen molar-refractivity contribution < 1.29 is 9.03 Å². The van der Waals surface area contributed by atoms with Gasteiger partial charge in [-0.1, -0.05) is 57.6 Å². The van der Waals surface area contributed by atoms with E-state index in [0.717, 1.165) is 11.4 Å². The van der Waals surface area contributed by atoms with Crippen LogP contribution >= 0.6 is 0 Å². The summed E-state index contributed by atoms with van der Waals surface area (Å²) < 4.78 is 8.99. The van der Waals surface area contributed by atoms with E-state index < -0.39 is 0 Å². The third-order valence-corrected chi connectivity index (χ3v) is 7.48. The largest absolute Gasteiger partial charge is 0.245 e. The van der Waals surface area contributed by atoms with E-state index in [-0.39, 0.29) is 0 Å². The van der Waals surface area contributed by atoms with E-state index in [1.807, 2.05) is 0 Å². The number of rotatable bonds is 3. The quantitative estimate of drug-likeness (QED) is 0.246. The number of hydrogen-bond donors (Lipinski definition) is 0. The van der Waals surface area contributed by atoms with Crippen LogP contribution in [0.15, 0.2) is 146 Å². The number of nitrogens with zero attached hydrogens (tertiary/aromatic N) is 4. The number of fused-ring (bicyclic) bond motifs is 6. The van der Waals surface area contributed by atoms with Crippen molar-refractivity contribution in [2.24, 2.45) is 0 Å². The zero-order valence-electron chi connectivity index (χ0n) is 20.6. The van der Waals surface area contributed by atoms with Crippen LogP contribution in [0.2, 0.25) is 0 Å². The predicted molar refractivity (Wildman–Crippen MR) is 152 cm³/mol. The molecule has 0 N–H and O–H groups in total. The minimum absolute atomic E-state index is 1.13. The maximum Gasteiger partial charge on any atom is 0.245 e.